The molecular formula is C9H6BrFN4. The van der Waals surface area contributed by atoms with Crippen LogP contribution in [0.15, 0.2) is 45.4 Å². The Kier molecular flexibility index (Phi) is 2.86. The van der Waals surface area contributed by atoms with Crippen LogP contribution in [0.1, 0.15) is 0 Å². The van der Waals surface area contributed by atoms with Crippen molar-refractivity contribution >= 4 is 27.4 Å². The molecule has 2 aromatic rings. The van der Waals surface area contributed by atoms with Gasteiger partial charge in [0.1, 0.15) is 5.82 Å². The van der Waals surface area contributed by atoms with E-state index in [0.29, 0.717) is 16.0 Å². The normalized spacial score (nSPS) is 11.1. The zero-order chi connectivity index (χ0) is 10.7. The molecule has 15 heavy (non-hydrogen) atoms. The Bertz CT molecular complexity index is 481. The molecule has 1 heterocycles. The number of nitrogens with one attached hydrogen (secondary N) is 1. The van der Waals surface area contributed by atoms with Crippen LogP contribution in [0.3, 0.4) is 0 Å². The summed E-state index contributed by atoms with van der Waals surface area (Å²) in [4.78, 5) is 6.56. The van der Waals surface area contributed by atoms with Gasteiger partial charge in [0.05, 0.1) is 22.7 Å². The molecule has 0 saturated heterocycles. The third-order valence-electron chi connectivity index (χ3n) is 1.66. The van der Waals surface area contributed by atoms with E-state index in [0.717, 1.165) is 0 Å². The summed E-state index contributed by atoms with van der Waals surface area (Å²) in [5.41, 5.74) is 0.567. The number of benzene rings is 1. The van der Waals surface area contributed by atoms with E-state index in [1.54, 1.807) is 18.3 Å². The van der Waals surface area contributed by atoms with E-state index in [9.17, 15) is 4.39 Å². The first kappa shape index (κ1) is 9.97. The second-order valence-corrected chi connectivity index (χ2v) is 3.59. The summed E-state index contributed by atoms with van der Waals surface area (Å²) in [6, 6.07) is 4.42. The highest BCUT2D eigenvalue weighted by Crippen LogP contribution is 2.23. The molecule has 4 nitrogen and oxygen atoms in total. The zero-order valence-corrected chi connectivity index (χ0v) is 9.07. The molecule has 2 rings (SSSR count). The van der Waals surface area contributed by atoms with Crippen LogP contribution in [0.25, 0.3) is 0 Å². The van der Waals surface area contributed by atoms with E-state index in [2.05, 4.69) is 36.1 Å². The Morgan fingerprint density at radius 2 is 2.20 bits per heavy atom. The lowest BCUT2D eigenvalue weighted by Gasteiger charge is -1.94. The number of hydrogen-bond acceptors (Lipinski definition) is 3. The molecule has 0 saturated carbocycles. The summed E-state index contributed by atoms with van der Waals surface area (Å²) >= 11 is 3.07. The van der Waals surface area contributed by atoms with Crippen molar-refractivity contribution in [3.8, 4) is 0 Å². The molecule has 76 valence electrons. The average molecular weight is 269 g/mol. The van der Waals surface area contributed by atoms with Gasteiger partial charge in [-0.05, 0) is 34.1 Å². The van der Waals surface area contributed by atoms with Crippen molar-refractivity contribution < 1.29 is 4.39 Å². The second-order valence-electron chi connectivity index (χ2n) is 2.74. The molecule has 1 aromatic heterocycles. The number of rotatable bonds is 2. The molecule has 6 heteroatoms. The van der Waals surface area contributed by atoms with Gasteiger partial charge in [-0.15, -0.1) is 10.2 Å². The number of azo groups is 1. The fourth-order valence-electron chi connectivity index (χ4n) is 0.962. The molecule has 0 radical (unpaired) electrons. The highest BCUT2D eigenvalue weighted by molar-refractivity contribution is 9.10. The highest BCUT2D eigenvalue weighted by Gasteiger charge is 1.99. The first-order chi connectivity index (χ1) is 7.25. The van der Waals surface area contributed by atoms with Crippen LogP contribution in [-0.4, -0.2) is 9.97 Å². The summed E-state index contributed by atoms with van der Waals surface area (Å²) < 4.78 is 13.2. The van der Waals surface area contributed by atoms with Gasteiger partial charge in [0.25, 0.3) is 0 Å². The molecule has 1 aromatic carbocycles. The Morgan fingerprint density at radius 3 is 2.87 bits per heavy atom. The third kappa shape index (κ3) is 2.47. The SMILES string of the molecule is Fc1ccc(N=Nc2cnc[nH]2)cc1Br. The molecule has 0 amide bonds. The van der Waals surface area contributed by atoms with Crippen molar-refractivity contribution in [1.29, 1.82) is 0 Å². The maximum absolute atomic E-state index is 12.9. The highest BCUT2D eigenvalue weighted by atomic mass is 79.9. The van der Waals surface area contributed by atoms with E-state index in [1.165, 1.54) is 12.4 Å². The van der Waals surface area contributed by atoms with Crippen molar-refractivity contribution in [3.05, 3.63) is 41.0 Å². The van der Waals surface area contributed by atoms with Crippen LogP contribution in [0.5, 0.6) is 0 Å². The van der Waals surface area contributed by atoms with Crippen LogP contribution in [-0.2, 0) is 0 Å². The van der Waals surface area contributed by atoms with E-state index in [1.807, 2.05) is 0 Å². The minimum Gasteiger partial charge on any atom is -0.328 e. The first-order valence-electron chi connectivity index (χ1n) is 4.11. The van der Waals surface area contributed by atoms with Crippen LogP contribution in [0, 0.1) is 5.82 Å². The van der Waals surface area contributed by atoms with E-state index >= 15 is 0 Å². The predicted molar refractivity (Wildman–Crippen MR) is 56.9 cm³/mol. The smallest absolute Gasteiger partial charge is 0.172 e. The molecule has 0 spiro atoms. The molecule has 0 atom stereocenters. The van der Waals surface area contributed by atoms with Crippen LogP contribution in [0.4, 0.5) is 15.9 Å². The number of imidazole rings is 1. The van der Waals surface area contributed by atoms with Crippen molar-refractivity contribution in [2.24, 2.45) is 10.2 Å². The van der Waals surface area contributed by atoms with Gasteiger partial charge < -0.3 is 4.98 Å². The molecule has 0 unspecified atom stereocenters. The van der Waals surface area contributed by atoms with Gasteiger partial charge in [0.2, 0.25) is 0 Å². The maximum atomic E-state index is 12.9. The van der Waals surface area contributed by atoms with Crippen molar-refractivity contribution in [3.63, 3.8) is 0 Å². The lowest BCUT2D eigenvalue weighted by atomic mass is 10.3. The molecular weight excluding hydrogens is 263 g/mol. The Morgan fingerprint density at radius 1 is 1.33 bits per heavy atom. The number of hydrogen-bond donors (Lipinski definition) is 1. The topological polar surface area (TPSA) is 53.4 Å². The largest absolute Gasteiger partial charge is 0.328 e. The van der Waals surface area contributed by atoms with Crippen LogP contribution in [0.2, 0.25) is 0 Å². The Labute approximate surface area is 93.4 Å². The van der Waals surface area contributed by atoms with Crippen LogP contribution < -0.4 is 0 Å². The van der Waals surface area contributed by atoms with Gasteiger partial charge in [-0.2, -0.15) is 0 Å². The fraction of sp³-hybridized carbons (Fsp3) is 0. The minimum atomic E-state index is -0.324. The predicted octanol–water partition coefficient (Wildman–Crippen LogP) is 3.73. The number of halogens is 2. The summed E-state index contributed by atoms with van der Waals surface area (Å²) in [5, 5.41) is 7.78. The van der Waals surface area contributed by atoms with Crippen molar-refractivity contribution in [2.45, 2.75) is 0 Å². The number of aromatic amines is 1. The van der Waals surface area contributed by atoms with Gasteiger partial charge in [-0.3, -0.25) is 0 Å². The van der Waals surface area contributed by atoms with Crippen molar-refractivity contribution in [1.82, 2.24) is 9.97 Å². The van der Waals surface area contributed by atoms with E-state index in [4.69, 9.17) is 0 Å². The zero-order valence-electron chi connectivity index (χ0n) is 7.48. The number of nitrogens with zero attached hydrogens (tertiary/aromatic N) is 3. The number of aromatic nitrogens is 2. The van der Waals surface area contributed by atoms with Crippen molar-refractivity contribution in [2.75, 3.05) is 0 Å². The lowest BCUT2D eigenvalue weighted by molar-refractivity contribution is 0.621. The van der Waals surface area contributed by atoms with Crippen LogP contribution >= 0.6 is 15.9 Å². The fourth-order valence-corrected chi connectivity index (χ4v) is 1.33. The van der Waals surface area contributed by atoms with E-state index in [-0.39, 0.29) is 5.82 Å². The molecule has 0 aliphatic heterocycles. The Hall–Kier alpha value is -1.56. The monoisotopic (exact) mass is 268 g/mol. The molecule has 0 fully saturated rings. The standard InChI is InChI=1S/C9H6BrFN4/c10-7-3-6(1-2-8(7)11)14-15-9-4-12-5-13-9/h1-5H,(H,12,13). The second kappa shape index (κ2) is 4.31. The average Bonchev–Trinajstić information content (AvgIpc) is 2.73. The molecule has 0 aliphatic rings. The number of H-pyrrole nitrogens is 1. The quantitative estimate of drug-likeness (QED) is 0.830. The lowest BCUT2D eigenvalue weighted by Crippen LogP contribution is -1.74. The van der Waals surface area contributed by atoms with Gasteiger partial charge in [0, 0.05) is 0 Å². The summed E-state index contributed by atoms with van der Waals surface area (Å²) in [7, 11) is 0. The first-order valence-corrected chi connectivity index (χ1v) is 4.90. The Balaban J connectivity index is 2.21. The maximum Gasteiger partial charge on any atom is 0.172 e. The summed E-state index contributed by atoms with van der Waals surface area (Å²) in [6.45, 7) is 0. The van der Waals surface area contributed by atoms with Gasteiger partial charge in [-0.1, -0.05) is 0 Å². The minimum absolute atomic E-state index is 0.324. The molecule has 0 bridgehead atoms. The molecule has 0 aliphatic carbocycles. The third-order valence-corrected chi connectivity index (χ3v) is 2.27. The van der Waals surface area contributed by atoms with Gasteiger partial charge >= 0.3 is 0 Å². The van der Waals surface area contributed by atoms with E-state index < -0.39 is 0 Å². The van der Waals surface area contributed by atoms with Gasteiger partial charge in [0.15, 0.2) is 5.82 Å². The summed E-state index contributed by atoms with van der Waals surface area (Å²) in [6.07, 6.45) is 3.05. The molecule has 1 N–H and O–H groups in total. The summed E-state index contributed by atoms with van der Waals surface area (Å²) in [5.74, 6) is 0.228. The van der Waals surface area contributed by atoms with Gasteiger partial charge in [-0.25, -0.2) is 9.37 Å².